The van der Waals surface area contributed by atoms with Gasteiger partial charge in [0.05, 0.1) is 23.8 Å². The molecule has 0 heterocycles. The first-order chi connectivity index (χ1) is 15.3. The van der Waals surface area contributed by atoms with E-state index in [0.29, 0.717) is 22.4 Å². The summed E-state index contributed by atoms with van der Waals surface area (Å²) in [5.74, 6) is -0.897. The lowest BCUT2D eigenvalue weighted by atomic mass is 10.1. The molecule has 0 fully saturated rings. The number of amides is 1. The van der Waals surface area contributed by atoms with Crippen molar-refractivity contribution in [3.05, 3.63) is 95.1 Å². The Kier molecular flexibility index (Phi) is 7.01. The molecular weight excluding hydrogens is 430 g/mol. The SMILES string of the molecule is COC(=O)c1ccc(/C=N\NC(=O)c2ccc(NS(=O)(=O)c3ccc(C)cc3)cc2)cc1. The third-order valence-electron chi connectivity index (χ3n) is 4.44. The summed E-state index contributed by atoms with van der Waals surface area (Å²) in [7, 11) is -2.42. The summed E-state index contributed by atoms with van der Waals surface area (Å²) in [6.07, 6.45) is 1.43. The number of nitrogens with zero attached hydrogens (tertiary/aromatic N) is 1. The van der Waals surface area contributed by atoms with Gasteiger partial charge in [0.1, 0.15) is 0 Å². The van der Waals surface area contributed by atoms with Crippen LogP contribution in [0.5, 0.6) is 0 Å². The Balaban J connectivity index is 1.59. The van der Waals surface area contributed by atoms with E-state index in [9.17, 15) is 18.0 Å². The van der Waals surface area contributed by atoms with Crippen LogP contribution in [0.3, 0.4) is 0 Å². The second-order valence-corrected chi connectivity index (χ2v) is 8.49. The smallest absolute Gasteiger partial charge is 0.337 e. The average molecular weight is 452 g/mol. The fourth-order valence-electron chi connectivity index (χ4n) is 2.67. The molecule has 164 valence electrons. The minimum absolute atomic E-state index is 0.152. The molecule has 0 aromatic heterocycles. The van der Waals surface area contributed by atoms with E-state index >= 15 is 0 Å². The monoisotopic (exact) mass is 451 g/mol. The number of carbonyl (C=O) groups is 2. The average Bonchev–Trinajstić information content (AvgIpc) is 2.79. The highest BCUT2D eigenvalue weighted by atomic mass is 32.2. The summed E-state index contributed by atoms with van der Waals surface area (Å²) in [5, 5.41) is 3.89. The van der Waals surface area contributed by atoms with Crippen molar-refractivity contribution in [3.8, 4) is 0 Å². The fourth-order valence-corrected chi connectivity index (χ4v) is 3.73. The Labute approximate surface area is 186 Å². The van der Waals surface area contributed by atoms with E-state index in [-0.39, 0.29) is 4.90 Å². The Bertz CT molecular complexity index is 1230. The van der Waals surface area contributed by atoms with Crippen molar-refractivity contribution in [3.63, 3.8) is 0 Å². The lowest BCUT2D eigenvalue weighted by Gasteiger charge is -2.09. The Morgan fingerprint density at radius 3 is 2.06 bits per heavy atom. The van der Waals surface area contributed by atoms with Gasteiger partial charge in [-0.05, 0) is 61.0 Å². The van der Waals surface area contributed by atoms with Gasteiger partial charge in [-0.3, -0.25) is 9.52 Å². The molecule has 0 aliphatic rings. The van der Waals surface area contributed by atoms with E-state index in [2.05, 4.69) is 20.0 Å². The summed E-state index contributed by atoms with van der Waals surface area (Å²) in [5.41, 5.74) is 5.08. The van der Waals surface area contributed by atoms with Crippen molar-refractivity contribution in [2.75, 3.05) is 11.8 Å². The number of sulfonamides is 1. The van der Waals surface area contributed by atoms with Crippen LogP contribution in [-0.2, 0) is 14.8 Å². The molecule has 0 atom stereocenters. The van der Waals surface area contributed by atoms with Crippen LogP contribution in [0.4, 0.5) is 5.69 Å². The quantitative estimate of drug-likeness (QED) is 0.325. The zero-order valence-electron chi connectivity index (χ0n) is 17.4. The number of benzene rings is 3. The minimum atomic E-state index is -3.72. The van der Waals surface area contributed by atoms with Crippen LogP contribution < -0.4 is 10.1 Å². The molecule has 0 aliphatic carbocycles. The number of rotatable bonds is 7. The number of carbonyl (C=O) groups excluding carboxylic acids is 2. The second kappa shape index (κ2) is 9.88. The van der Waals surface area contributed by atoms with E-state index in [1.54, 1.807) is 36.4 Å². The number of nitrogens with one attached hydrogen (secondary N) is 2. The summed E-state index contributed by atoms with van der Waals surface area (Å²) >= 11 is 0. The number of ether oxygens (including phenoxy) is 1. The maximum atomic E-state index is 12.4. The van der Waals surface area contributed by atoms with Crippen LogP contribution in [0.25, 0.3) is 0 Å². The molecule has 0 saturated heterocycles. The van der Waals surface area contributed by atoms with Crippen LogP contribution in [0.15, 0.2) is 82.8 Å². The summed E-state index contributed by atoms with van der Waals surface area (Å²) < 4.78 is 32.0. The van der Waals surface area contributed by atoms with Crippen molar-refractivity contribution in [1.82, 2.24) is 5.43 Å². The summed E-state index contributed by atoms with van der Waals surface area (Å²) in [4.78, 5) is 23.8. The molecule has 0 unspecified atom stereocenters. The molecule has 2 N–H and O–H groups in total. The number of hydrogen-bond acceptors (Lipinski definition) is 6. The maximum Gasteiger partial charge on any atom is 0.337 e. The predicted molar refractivity (Wildman–Crippen MR) is 121 cm³/mol. The maximum absolute atomic E-state index is 12.4. The van der Waals surface area contributed by atoms with E-state index < -0.39 is 21.9 Å². The normalized spacial score (nSPS) is 11.2. The van der Waals surface area contributed by atoms with Crippen LogP contribution in [-0.4, -0.2) is 33.6 Å². The van der Waals surface area contributed by atoms with E-state index in [1.807, 2.05) is 6.92 Å². The van der Waals surface area contributed by atoms with Gasteiger partial charge in [-0.15, -0.1) is 0 Å². The summed E-state index contributed by atoms with van der Waals surface area (Å²) in [6, 6.07) is 19.0. The van der Waals surface area contributed by atoms with Crippen molar-refractivity contribution < 1.29 is 22.7 Å². The van der Waals surface area contributed by atoms with Crippen molar-refractivity contribution in [2.24, 2.45) is 5.10 Å². The molecule has 3 aromatic rings. The molecule has 0 radical (unpaired) electrons. The van der Waals surface area contributed by atoms with E-state index in [4.69, 9.17) is 0 Å². The van der Waals surface area contributed by atoms with Crippen LogP contribution in [0, 0.1) is 6.92 Å². The number of hydrogen-bond donors (Lipinski definition) is 2. The lowest BCUT2D eigenvalue weighted by molar-refractivity contribution is 0.0600. The summed E-state index contributed by atoms with van der Waals surface area (Å²) in [6.45, 7) is 1.87. The Morgan fingerprint density at radius 2 is 1.47 bits per heavy atom. The number of methoxy groups -OCH3 is 1. The van der Waals surface area contributed by atoms with Gasteiger partial charge in [0, 0.05) is 11.3 Å². The highest BCUT2D eigenvalue weighted by Gasteiger charge is 2.14. The van der Waals surface area contributed by atoms with Gasteiger partial charge >= 0.3 is 5.97 Å². The molecule has 0 aliphatic heterocycles. The van der Waals surface area contributed by atoms with Crippen LogP contribution in [0.1, 0.15) is 31.8 Å². The van der Waals surface area contributed by atoms with Gasteiger partial charge in [-0.2, -0.15) is 5.10 Å². The standard InChI is InChI=1S/C23H21N3O5S/c1-16-3-13-21(14-4-16)32(29,30)26-20-11-9-18(10-12-20)22(27)25-24-15-17-5-7-19(8-6-17)23(28)31-2/h3-15,26H,1-2H3,(H,25,27)/b24-15-. The molecule has 32 heavy (non-hydrogen) atoms. The molecule has 3 aromatic carbocycles. The van der Waals surface area contributed by atoms with Crippen molar-refractivity contribution >= 4 is 33.8 Å². The zero-order chi connectivity index (χ0) is 23.1. The molecule has 1 amide bonds. The van der Waals surface area contributed by atoms with E-state index in [0.717, 1.165) is 5.56 Å². The molecule has 0 saturated carbocycles. The van der Waals surface area contributed by atoms with Gasteiger partial charge in [0.25, 0.3) is 15.9 Å². The third kappa shape index (κ3) is 5.79. The highest BCUT2D eigenvalue weighted by molar-refractivity contribution is 7.92. The molecule has 3 rings (SSSR count). The van der Waals surface area contributed by atoms with Crippen LogP contribution in [0.2, 0.25) is 0 Å². The first-order valence-electron chi connectivity index (χ1n) is 9.50. The number of esters is 1. The fraction of sp³-hybridized carbons (Fsp3) is 0.0870. The highest BCUT2D eigenvalue weighted by Crippen LogP contribution is 2.17. The Hall–Kier alpha value is -3.98. The molecule has 9 heteroatoms. The first kappa shape index (κ1) is 22.7. The van der Waals surface area contributed by atoms with Crippen LogP contribution >= 0.6 is 0 Å². The second-order valence-electron chi connectivity index (χ2n) is 6.81. The molecule has 0 spiro atoms. The van der Waals surface area contributed by atoms with E-state index in [1.165, 1.54) is 49.7 Å². The number of anilines is 1. The molecule has 0 bridgehead atoms. The van der Waals surface area contributed by atoms with Gasteiger partial charge in [-0.25, -0.2) is 18.6 Å². The number of aryl methyl sites for hydroxylation is 1. The zero-order valence-corrected chi connectivity index (χ0v) is 18.2. The molecule has 8 nitrogen and oxygen atoms in total. The lowest BCUT2D eigenvalue weighted by Crippen LogP contribution is -2.18. The van der Waals surface area contributed by atoms with Gasteiger partial charge < -0.3 is 4.74 Å². The van der Waals surface area contributed by atoms with Crippen molar-refractivity contribution in [1.29, 1.82) is 0 Å². The van der Waals surface area contributed by atoms with Crippen molar-refractivity contribution in [2.45, 2.75) is 11.8 Å². The third-order valence-corrected chi connectivity index (χ3v) is 5.84. The Morgan fingerprint density at radius 1 is 0.875 bits per heavy atom. The minimum Gasteiger partial charge on any atom is -0.465 e. The largest absolute Gasteiger partial charge is 0.465 e. The van der Waals surface area contributed by atoms with Gasteiger partial charge in [0.15, 0.2) is 0 Å². The predicted octanol–water partition coefficient (Wildman–Crippen LogP) is 3.35. The first-order valence-corrected chi connectivity index (χ1v) is 11.0. The number of hydrazone groups is 1. The van der Waals surface area contributed by atoms with Gasteiger partial charge in [0.2, 0.25) is 0 Å². The topological polar surface area (TPSA) is 114 Å². The van der Waals surface area contributed by atoms with Gasteiger partial charge in [-0.1, -0.05) is 29.8 Å². The molecular formula is C23H21N3O5S.